The zero-order chi connectivity index (χ0) is 29.3. The molecule has 1 aromatic carbocycles. The number of hydrogen-bond acceptors (Lipinski definition) is 10. The molecule has 216 valence electrons. The lowest BCUT2D eigenvalue weighted by Crippen LogP contribution is -2.53. The second kappa shape index (κ2) is 14.1. The molecule has 11 nitrogen and oxygen atoms in total. The Balaban J connectivity index is 3.38. The lowest BCUT2D eigenvalue weighted by molar-refractivity contribution is -0.165. The van der Waals surface area contributed by atoms with E-state index >= 15 is 0 Å². The molecule has 0 saturated heterocycles. The second-order valence-corrected chi connectivity index (χ2v) is 12.7. The van der Waals surface area contributed by atoms with E-state index in [9.17, 15) is 22.8 Å². The van der Waals surface area contributed by atoms with Gasteiger partial charge in [-0.2, -0.15) is 8.42 Å². The van der Waals surface area contributed by atoms with Crippen LogP contribution in [0, 0.1) is 5.92 Å². The van der Waals surface area contributed by atoms with Crippen molar-refractivity contribution in [3.05, 3.63) is 30.3 Å². The number of halogens is 1. The summed E-state index contributed by atoms with van der Waals surface area (Å²) in [6, 6.07) is 6.58. The van der Waals surface area contributed by atoms with Crippen LogP contribution in [0.15, 0.2) is 30.3 Å². The predicted molar refractivity (Wildman–Crippen MR) is 142 cm³/mol. The van der Waals surface area contributed by atoms with E-state index in [1.54, 1.807) is 59.7 Å². The molecule has 1 aromatic rings. The normalized spacial score (nSPS) is 14.7. The largest absolute Gasteiger partial charge is 0.460 e. The molecule has 0 saturated carbocycles. The SMILES string of the molecule is CC(C)(C)OC(=O)C(CC(CCCl)OS(C)(=O)=O)C[C@@H](C(=O)OC(C)(C)C)N(N)C(=O)Oc1ccccc1. The van der Waals surface area contributed by atoms with Crippen LogP contribution in [0.5, 0.6) is 5.75 Å². The molecule has 2 N–H and O–H groups in total. The number of rotatable bonds is 12. The number of esters is 2. The lowest BCUT2D eigenvalue weighted by atomic mass is 9.92. The molecular weight excluding hydrogens is 540 g/mol. The summed E-state index contributed by atoms with van der Waals surface area (Å²) < 4.78 is 45.0. The van der Waals surface area contributed by atoms with Crippen molar-refractivity contribution in [2.24, 2.45) is 11.8 Å². The van der Waals surface area contributed by atoms with Gasteiger partial charge in [0.15, 0.2) is 0 Å². The van der Waals surface area contributed by atoms with Crippen molar-refractivity contribution in [2.75, 3.05) is 12.1 Å². The van der Waals surface area contributed by atoms with E-state index in [0.29, 0.717) is 5.01 Å². The Bertz CT molecular complexity index is 1040. The minimum Gasteiger partial charge on any atom is -0.460 e. The molecule has 2 unspecified atom stereocenters. The molecule has 0 fully saturated rings. The lowest BCUT2D eigenvalue weighted by Gasteiger charge is -2.32. The van der Waals surface area contributed by atoms with Gasteiger partial charge in [0.1, 0.15) is 23.0 Å². The zero-order valence-corrected chi connectivity index (χ0v) is 24.5. The summed E-state index contributed by atoms with van der Waals surface area (Å²) in [5, 5.41) is 0.548. The average molecular weight is 579 g/mol. The van der Waals surface area contributed by atoms with Crippen LogP contribution in [-0.2, 0) is 33.4 Å². The van der Waals surface area contributed by atoms with Gasteiger partial charge in [-0.05, 0) is 72.9 Å². The van der Waals surface area contributed by atoms with E-state index in [4.69, 9.17) is 35.8 Å². The quantitative estimate of drug-likeness (QED) is 0.0968. The Kier molecular flexibility index (Phi) is 12.5. The van der Waals surface area contributed by atoms with Crippen LogP contribution in [0.25, 0.3) is 0 Å². The summed E-state index contributed by atoms with van der Waals surface area (Å²) in [7, 11) is -3.90. The zero-order valence-electron chi connectivity index (χ0n) is 22.9. The fourth-order valence-electron chi connectivity index (χ4n) is 3.30. The van der Waals surface area contributed by atoms with Gasteiger partial charge in [0.2, 0.25) is 0 Å². The van der Waals surface area contributed by atoms with E-state index < -0.39 is 57.4 Å². The van der Waals surface area contributed by atoms with Crippen LogP contribution in [0.4, 0.5) is 4.79 Å². The molecule has 3 atom stereocenters. The molecule has 1 amide bonds. The van der Waals surface area contributed by atoms with Gasteiger partial charge < -0.3 is 14.2 Å². The fraction of sp³-hybridized carbons (Fsp3) is 0.640. The topological polar surface area (TPSA) is 152 Å². The Morgan fingerprint density at radius 3 is 1.95 bits per heavy atom. The third-order valence-electron chi connectivity index (χ3n) is 4.71. The van der Waals surface area contributed by atoms with Crippen molar-refractivity contribution in [2.45, 2.75) is 84.2 Å². The maximum absolute atomic E-state index is 13.2. The summed E-state index contributed by atoms with van der Waals surface area (Å²) in [4.78, 5) is 39.2. The number of para-hydroxylation sites is 1. The molecule has 38 heavy (non-hydrogen) atoms. The van der Waals surface area contributed by atoms with Crippen molar-refractivity contribution in [3.63, 3.8) is 0 Å². The van der Waals surface area contributed by atoms with Gasteiger partial charge in [0, 0.05) is 5.88 Å². The molecule has 0 aliphatic carbocycles. The second-order valence-electron chi connectivity index (χ2n) is 10.7. The van der Waals surface area contributed by atoms with Crippen molar-refractivity contribution >= 4 is 39.8 Å². The third-order valence-corrected chi connectivity index (χ3v) is 5.55. The molecule has 13 heteroatoms. The van der Waals surface area contributed by atoms with Gasteiger partial charge in [0.05, 0.1) is 18.3 Å². The first-order valence-corrected chi connectivity index (χ1v) is 14.4. The Labute approximate surface area is 230 Å². The summed E-state index contributed by atoms with van der Waals surface area (Å²) in [5.41, 5.74) is -1.84. The molecule has 0 aliphatic rings. The van der Waals surface area contributed by atoms with Gasteiger partial charge in [-0.25, -0.2) is 20.4 Å². The number of nitrogens with two attached hydrogens (primary N) is 1. The van der Waals surface area contributed by atoms with Crippen molar-refractivity contribution in [3.8, 4) is 5.75 Å². The summed E-state index contributed by atoms with van der Waals surface area (Å²) in [5.74, 6) is 3.52. The molecule has 1 rings (SSSR count). The highest BCUT2D eigenvalue weighted by Gasteiger charge is 2.39. The van der Waals surface area contributed by atoms with Gasteiger partial charge in [-0.15, -0.1) is 11.6 Å². The maximum atomic E-state index is 13.2. The minimum absolute atomic E-state index is 0.0448. The van der Waals surface area contributed by atoms with Gasteiger partial charge >= 0.3 is 18.0 Å². The molecule has 0 aromatic heterocycles. The Morgan fingerprint density at radius 2 is 1.47 bits per heavy atom. The first-order chi connectivity index (χ1) is 17.3. The summed E-state index contributed by atoms with van der Waals surface area (Å²) >= 11 is 5.84. The number of hydrazine groups is 1. The average Bonchev–Trinajstić information content (AvgIpc) is 2.73. The fourth-order valence-corrected chi connectivity index (χ4v) is 4.21. The van der Waals surface area contributed by atoms with Crippen molar-refractivity contribution < 1.29 is 41.2 Å². The van der Waals surface area contributed by atoms with Crippen LogP contribution in [0.1, 0.15) is 60.8 Å². The van der Waals surface area contributed by atoms with Crippen LogP contribution in [0.2, 0.25) is 0 Å². The van der Waals surface area contributed by atoms with E-state index in [1.807, 2.05) is 0 Å². The van der Waals surface area contributed by atoms with Crippen LogP contribution >= 0.6 is 11.6 Å². The predicted octanol–water partition coefficient (Wildman–Crippen LogP) is 3.78. The van der Waals surface area contributed by atoms with Crippen LogP contribution in [0.3, 0.4) is 0 Å². The molecular formula is C25H39ClN2O9S. The molecule has 0 spiro atoms. The summed E-state index contributed by atoms with van der Waals surface area (Å²) in [6.45, 7) is 9.86. The molecule has 0 bridgehead atoms. The highest BCUT2D eigenvalue weighted by molar-refractivity contribution is 7.86. The number of hydrogen-bond donors (Lipinski definition) is 1. The standard InChI is InChI=1S/C25H39ClN2O9S/c1-24(2,3)35-21(29)17(15-19(13-14-26)37-38(7,32)33)16-20(22(30)36-25(4,5)6)28(27)23(31)34-18-11-9-8-10-12-18/h8-12,17,19-20H,13-16,27H2,1-7H3/t17?,19?,20-/m0/s1. The van der Waals surface area contributed by atoms with Crippen LogP contribution in [-0.4, -0.2) is 66.9 Å². The Morgan fingerprint density at radius 1 is 0.947 bits per heavy atom. The van der Waals surface area contributed by atoms with E-state index in [1.165, 1.54) is 12.1 Å². The van der Waals surface area contributed by atoms with Crippen LogP contribution < -0.4 is 10.6 Å². The van der Waals surface area contributed by atoms with Crippen molar-refractivity contribution in [1.29, 1.82) is 0 Å². The first kappa shape index (κ1) is 33.6. The Hall–Kier alpha value is -2.41. The smallest absolute Gasteiger partial charge is 0.430 e. The van der Waals surface area contributed by atoms with Gasteiger partial charge in [-0.1, -0.05) is 18.2 Å². The minimum atomic E-state index is -3.90. The molecule has 0 aliphatic heterocycles. The van der Waals surface area contributed by atoms with Crippen molar-refractivity contribution in [1.82, 2.24) is 5.01 Å². The number of carbonyl (C=O) groups is 3. The molecule has 0 radical (unpaired) electrons. The number of amides is 1. The number of carbonyl (C=O) groups excluding carboxylic acids is 3. The number of nitrogens with zero attached hydrogens (tertiary/aromatic N) is 1. The summed E-state index contributed by atoms with van der Waals surface area (Å²) in [6.07, 6.45) is -1.65. The van der Waals surface area contributed by atoms with E-state index in [-0.39, 0.29) is 30.9 Å². The number of benzene rings is 1. The van der Waals surface area contributed by atoms with Gasteiger partial charge in [0.25, 0.3) is 10.1 Å². The molecule has 0 heterocycles. The van der Waals surface area contributed by atoms with Gasteiger partial charge in [-0.3, -0.25) is 8.98 Å². The highest BCUT2D eigenvalue weighted by Crippen LogP contribution is 2.26. The van der Waals surface area contributed by atoms with E-state index in [0.717, 1.165) is 6.26 Å². The number of ether oxygens (including phenoxy) is 3. The monoisotopic (exact) mass is 578 g/mol. The first-order valence-electron chi connectivity index (χ1n) is 12.0. The third kappa shape index (κ3) is 13.4. The van der Waals surface area contributed by atoms with E-state index in [2.05, 4.69) is 0 Å². The number of alkyl halides is 1. The highest BCUT2D eigenvalue weighted by atomic mass is 35.5. The maximum Gasteiger partial charge on any atom is 0.430 e.